The number of carbonyl (C=O) groups excluding carboxylic acids is 1. The fourth-order valence-electron chi connectivity index (χ4n) is 0.523. The topological polar surface area (TPSA) is 43.1 Å². The Morgan fingerprint density at radius 1 is 1.56 bits per heavy atom. The minimum atomic E-state index is -1.19. The molecule has 2 N–H and O–H groups in total. The molecule has 0 aromatic carbocycles. The molecule has 0 fully saturated rings. The van der Waals surface area contributed by atoms with Gasteiger partial charge in [-0.15, -0.1) is 0 Å². The molecule has 0 aliphatic heterocycles. The molecule has 4 heteroatoms. The first-order valence-electron chi connectivity index (χ1n) is 2.70. The zero-order chi connectivity index (χ0) is 6.78. The first kappa shape index (κ1) is 12.0. The molecule has 2 nitrogen and oxygen atoms in total. The molecule has 0 aromatic heterocycles. The third-order valence-corrected chi connectivity index (χ3v) is 2.11. The van der Waals surface area contributed by atoms with Gasteiger partial charge in [-0.2, -0.15) is 0 Å². The summed E-state index contributed by atoms with van der Waals surface area (Å²) in [4.78, 5) is 10.3. The summed E-state index contributed by atoms with van der Waals surface area (Å²) in [5.74, 6) is -0.163. The predicted octanol–water partition coefficient (Wildman–Crippen LogP) is -2.07. The Labute approximate surface area is 70.9 Å². The SMILES string of the molecule is C[Si](C)(C)CC(N)=O.[H-].[Li+]. The third-order valence-electron chi connectivity index (χ3n) is 0.705. The normalized spacial score (nSPS) is 10.1. The summed E-state index contributed by atoms with van der Waals surface area (Å²) in [7, 11) is -1.19. The van der Waals surface area contributed by atoms with Crippen molar-refractivity contribution >= 4 is 14.0 Å². The van der Waals surface area contributed by atoms with E-state index in [0.717, 1.165) is 0 Å². The van der Waals surface area contributed by atoms with Crippen LogP contribution in [0.4, 0.5) is 0 Å². The number of nitrogens with two attached hydrogens (primary N) is 1. The molecule has 0 bridgehead atoms. The molecule has 50 valence electrons. The Hall–Kier alpha value is 0.284. The zero-order valence-corrected chi connectivity index (χ0v) is 7.69. The molecule has 0 atom stereocenters. The van der Waals surface area contributed by atoms with E-state index >= 15 is 0 Å². The first-order chi connectivity index (χ1) is 3.42. The van der Waals surface area contributed by atoms with Crippen LogP contribution in [0.25, 0.3) is 0 Å². The van der Waals surface area contributed by atoms with Crippen molar-refractivity contribution in [2.75, 3.05) is 0 Å². The molecular formula is C5H14LiNOSi. The van der Waals surface area contributed by atoms with E-state index < -0.39 is 8.07 Å². The molecule has 0 aliphatic carbocycles. The average Bonchev–Trinajstić information content (AvgIpc) is 1.21. The van der Waals surface area contributed by atoms with E-state index in [-0.39, 0.29) is 26.2 Å². The third kappa shape index (κ3) is 11.7. The number of carbonyl (C=O) groups is 1. The van der Waals surface area contributed by atoms with Crippen LogP contribution in [0.1, 0.15) is 1.43 Å². The summed E-state index contributed by atoms with van der Waals surface area (Å²) in [6.07, 6.45) is 0. The van der Waals surface area contributed by atoms with Crippen LogP contribution < -0.4 is 24.6 Å². The fourth-order valence-corrected chi connectivity index (χ4v) is 1.57. The van der Waals surface area contributed by atoms with Gasteiger partial charge < -0.3 is 7.16 Å². The van der Waals surface area contributed by atoms with Crippen molar-refractivity contribution in [3.05, 3.63) is 0 Å². The van der Waals surface area contributed by atoms with Gasteiger partial charge in [0.1, 0.15) is 0 Å². The van der Waals surface area contributed by atoms with E-state index in [1.165, 1.54) is 0 Å². The van der Waals surface area contributed by atoms with Gasteiger partial charge in [0, 0.05) is 6.04 Å². The van der Waals surface area contributed by atoms with Crippen molar-refractivity contribution in [1.29, 1.82) is 0 Å². The summed E-state index contributed by atoms with van der Waals surface area (Å²) < 4.78 is 0. The summed E-state index contributed by atoms with van der Waals surface area (Å²) in [5, 5.41) is 0. The molecular weight excluding hydrogens is 125 g/mol. The van der Waals surface area contributed by atoms with Crippen molar-refractivity contribution in [2.24, 2.45) is 5.73 Å². The second-order valence-corrected chi connectivity index (χ2v) is 8.68. The first-order valence-corrected chi connectivity index (χ1v) is 6.41. The Morgan fingerprint density at radius 2 is 1.89 bits per heavy atom. The van der Waals surface area contributed by atoms with Gasteiger partial charge in [-0.3, -0.25) is 4.79 Å². The van der Waals surface area contributed by atoms with Crippen molar-refractivity contribution < 1.29 is 25.1 Å². The molecule has 0 unspecified atom stereocenters. The van der Waals surface area contributed by atoms with Gasteiger partial charge in [0.2, 0.25) is 5.91 Å². The maximum Gasteiger partial charge on any atom is 1.00 e. The minimum Gasteiger partial charge on any atom is -1.00 e. The summed E-state index contributed by atoms with van der Waals surface area (Å²) >= 11 is 0. The van der Waals surface area contributed by atoms with E-state index in [9.17, 15) is 4.79 Å². The molecule has 0 heterocycles. The molecule has 0 radical (unpaired) electrons. The van der Waals surface area contributed by atoms with Crippen LogP contribution in [0.5, 0.6) is 0 Å². The average molecular weight is 139 g/mol. The quantitative estimate of drug-likeness (QED) is 0.439. The van der Waals surface area contributed by atoms with Crippen molar-refractivity contribution in [3.63, 3.8) is 0 Å². The van der Waals surface area contributed by atoms with Gasteiger partial charge >= 0.3 is 18.9 Å². The van der Waals surface area contributed by atoms with Gasteiger partial charge in [0.15, 0.2) is 0 Å². The summed E-state index contributed by atoms with van der Waals surface area (Å²) in [6.45, 7) is 6.37. The summed E-state index contributed by atoms with van der Waals surface area (Å²) in [5.41, 5.74) is 4.97. The van der Waals surface area contributed by atoms with E-state index in [1.807, 2.05) is 0 Å². The van der Waals surface area contributed by atoms with Gasteiger partial charge in [0.05, 0.1) is 8.07 Å². The van der Waals surface area contributed by atoms with Crippen molar-refractivity contribution in [1.82, 2.24) is 0 Å². The van der Waals surface area contributed by atoms with E-state index in [0.29, 0.717) is 6.04 Å². The smallest absolute Gasteiger partial charge is 1.00 e. The molecule has 0 rings (SSSR count). The van der Waals surface area contributed by atoms with Gasteiger partial charge in [-0.1, -0.05) is 19.6 Å². The Bertz CT molecular complexity index is 104. The van der Waals surface area contributed by atoms with Crippen LogP contribution in [-0.4, -0.2) is 14.0 Å². The second kappa shape index (κ2) is 4.16. The Balaban J connectivity index is -0.000000245. The van der Waals surface area contributed by atoms with E-state index in [2.05, 4.69) is 19.6 Å². The van der Waals surface area contributed by atoms with Crippen molar-refractivity contribution in [3.8, 4) is 0 Å². The molecule has 9 heavy (non-hydrogen) atoms. The predicted molar refractivity (Wildman–Crippen MR) is 38.5 cm³/mol. The van der Waals surface area contributed by atoms with Crippen LogP contribution in [0, 0.1) is 0 Å². The second-order valence-electron chi connectivity index (χ2n) is 3.20. The summed E-state index contributed by atoms with van der Waals surface area (Å²) in [6, 6.07) is 0.604. The van der Waals surface area contributed by atoms with Gasteiger partial charge in [-0.25, -0.2) is 0 Å². The maximum absolute atomic E-state index is 10.3. The van der Waals surface area contributed by atoms with Crippen LogP contribution >= 0.6 is 0 Å². The van der Waals surface area contributed by atoms with E-state index in [4.69, 9.17) is 5.73 Å². The van der Waals surface area contributed by atoms with Crippen LogP contribution in [0.3, 0.4) is 0 Å². The molecule has 0 aliphatic rings. The Morgan fingerprint density at radius 3 is 1.89 bits per heavy atom. The monoisotopic (exact) mass is 139 g/mol. The van der Waals surface area contributed by atoms with Crippen LogP contribution in [0.15, 0.2) is 0 Å². The number of rotatable bonds is 2. The molecule has 0 aromatic rings. The van der Waals surface area contributed by atoms with Gasteiger partial charge in [0.25, 0.3) is 0 Å². The molecule has 0 saturated carbocycles. The minimum absolute atomic E-state index is 0. The van der Waals surface area contributed by atoms with Gasteiger partial charge in [-0.05, 0) is 0 Å². The van der Waals surface area contributed by atoms with E-state index in [1.54, 1.807) is 0 Å². The standard InChI is InChI=1S/C5H13NOSi.Li.H/c1-8(2,3)4-5(6)7;;/h4H2,1-3H3,(H2,6,7);;/q;+1;-1. The fraction of sp³-hybridized carbons (Fsp3) is 0.800. The molecule has 0 saturated heterocycles. The Kier molecular flexibility index (Phi) is 5.55. The number of primary amides is 1. The van der Waals surface area contributed by atoms with Crippen LogP contribution in [0.2, 0.25) is 25.7 Å². The van der Waals surface area contributed by atoms with Crippen molar-refractivity contribution in [2.45, 2.75) is 25.7 Å². The number of hydrogen-bond acceptors (Lipinski definition) is 1. The molecule has 1 amide bonds. The molecule has 0 spiro atoms. The number of hydrogen-bond donors (Lipinski definition) is 1. The zero-order valence-electron chi connectivity index (χ0n) is 7.69. The maximum atomic E-state index is 10.3. The van der Waals surface area contributed by atoms with Crippen LogP contribution in [-0.2, 0) is 4.79 Å². The largest absolute Gasteiger partial charge is 1.00 e. The number of amides is 1.